The predicted molar refractivity (Wildman–Crippen MR) is 93.0 cm³/mol. The Morgan fingerprint density at radius 3 is 2.74 bits per heavy atom. The molecule has 0 saturated heterocycles. The average molecular weight is 358 g/mol. The van der Waals surface area contributed by atoms with E-state index in [1.165, 1.54) is 11.3 Å². The van der Waals surface area contributed by atoms with Crippen molar-refractivity contribution in [2.45, 2.75) is 45.6 Å². The van der Waals surface area contributed by atoms with Gasteiger partial charge in [-0.15, -0.1) is 11.3 Å². The van der Waals surface area contributed by atoms with Gasteiger partial charge in [-0.1, -0.05) is 38.8 Å². The highest BCUT2D eigenvalue weighted by Gasteiger charge is 2.48. The number of amides is 1. The second kappa shape index (κ2) is 7.32. The van der Waals surface area contributed by atoms with Crippen LogP contribution in [0.25, 0.3) is 0 Å². The maximum absolute atomic E-state index is 12.6. The highest BCUT2D eigenvalue weighted by atomic mass is 35.5. The molecule has 0 aromatic carbocycles. The molecular weight excluding hydrogens is 334 g/mol. The zero-order valence-corrected chi connectivity index (χ0v) is 15.3. The number of hydrogen-bond acceptors (Lipinski definition) is 4. The number of nitrogens with one attached hydrogen (secondary N) is 1. The van der Waals surface area contributed by atoms with E-state index >= 15 is 0 Å². The van der Waals surface area contributed by atoms with Crippen molar-refractivity contribution < 1.29 is 14.7 Å². The van der Waals surface area contributed by atoms with E-state index in [4.69, 9.17) is 11.6 Å². The molecule has 1 fully saturated rings. The largest absolute Gasteiger partial charge is 0.380 e. The lowest BCUT2D eigenvalue weighted by Gasteiger charge is -2.43. The summed E-state index contributed by atoms with van der Waals surface area (Å²) in [6.07, 6.45) is 2.28. The fourth-order valence-electron chi connectivity index (χ4n) is 3.52. The SMILES string of the molecule is CC1CCC(C(C)C)[C@@](O)(C(=O)NCC(=O)c2sccc2Cl)C1. The van der Waals surface area contributed by atoms with Crippen LogP contribution in [-0.4, -0.2) is 28.9 Å². The van der Waals surface area contributed by atoms with E-state index in [0.717, 1.165) is 12.8 Å². The Balaban J connectivity index is 2.05. The molecule has 1 amide bonds. The smallest absolute Gasteiger partial charge is 0.252 e. The Bertz CT molecular complexity index is 586. The van der Waals surface area contributed by atoms with E-state index in [9.17, 15) is 14.7 Å². The van der Waals surface area contributed by atoms with Crippen molar-refractivity contribution in [3.8, 4) is 0 Å². The lowest BCUT2D eigenvalue weighted by atomic mass is 9.66. The van der Waals surface area contributed by atoms with Crippen molar-refractivity contribution in [1.82, 2.24) is 5.32 Å². The normalized spacial score (nSPS) is 27.9. The summed E-state index contributed by atoms with van der Waals surface area (Å²) in [5.74, 6) is -0.251. The Morgan fingerprint density at radius 1 is 1.48 bits per heavy atom. The zero-order chi connectivity index (χ0) is 17.2. The summed E-state index contributed by atoms with van der Waals surface area (Å²) < 4.78 is 0. The zero-order valence-electron chi connectivity index (χ0n) is 13.8. The second-order valence-electron chi connectivity index (χ2n) is 6.86. The Kier molecular flexibility index (Phi) is 5.87. The summed E-state index contributed by atoms with van der Waals surface area (Å²) in [5.41, 5.74) is -1.40. The maximum Gasteiger partial charge on any atom is 0.252 e. The maximum atomic E-state index is 12.6. The van der Waals surface area contributed by atoms with Crippen molar-refractivity contribution >= 4 is 34.6 Å². The molecule has 23 heavy (non-hydrogen) atoms. The van der Waals surface area contributed by atoms with Crippen molar-refractivity contribution in [3.63, 3.8) is 0 Å². The van der Waals surface area contributed by atoms with Gasteiger partial charge in [0, 0.05) is 0 Å². The standard InChI is InChI=1S/C17H24ClNO3S/c1-10(2)12-5-4-11(3)8-17(12,22)16(21)19-9-14(20)15-13(18)6-7-23-15/h6-7,10-12,22H,4-5,8-9H2,1-3H3,(H,19,21)/t11?,12?,17-/m1/s1. The molecule has 2 unspecified atom stereocenters. The van der Waals surface area contributed by atoms with Gasteiger partial charge in [0.1, 0.15) is 5.60 Å². The van der Waals surface area contributed by atoms with E-state index in [-0.39, 0.29) is 24.2 Å². The Hall–Kier alpha value is -0.910. The second-order valence-corrected chi connectivity index (χ2v) is 8.19. The molecule has 1 aromatic rings. The van der Waals surface area contributed by atoms with E-state index < -0.39 is 11.5 Å². The molecule has 0 radical (unpaired) electrons. The molecular formula is C17H24ClNO3S. The molecule has 2 N–H and O–H groups in total. The number of rotatable bonds is 5. The van der Waals surface area contributed by atoms with Crippen LogP contribution in [0.15, 0.2) is 11.4 Å². The van der Waals surface area contributed by atoms with Gasteiger partial charge in [0.15, 0.2) is 5.78 Å². The van der Waals surface area contributed by atoms with E-state index in [2.05, 4.69) is 5.32 Å². The van der Waals surface area contributed by atoms with Crippen LogP contribution in [0.5, 0.6) is 0 Å². The van der Waals surface area contributed by atoms with Crippen molar-refractivity contribution in [2.75, 3.05) is 6.54 Å². The fraction of sp³-hybridized carbons (Fsp3) is 0.647. The van der Waals surface area contributed by atoms with Crippen LogP contribution in [0.4, 0.5) is 0 Å². The minimum atomic E-state index is -1.40. The van der Waals surface area contributed by atoms with Gasteiger partial charge in [-0.2, -0.15) is 0 Å². The van der Waals surface area contributed by atoms with Crippen LogP contribution in [0.1, 0.15) is 49.7 Å². The first kappa shape index (κ1) is 18.4. The van der Waals surface area contributed by atoms with E-state index in [1.807, 2.05) is 20.8 Å². The molecule has 1 heterocycles. The number of carbonyl (C=O) groups is 2. The topological polar surface area (TPSA) is 66.4 Å². The number of thiophene rings is 1. The Morgan fingerprint density at radius 2 is 2.17 bits per heavy atom. The van der Waals surface area contributed by atoms with Gasteiger partial charge in [-0.05, 0) is 42.0 Å². The molecule has 0 aliphatic heterocycles. The third kappa shape index (κ3) is 3.95. The first-order chi connectivity index (χ1) is 10.8. The van der Waals surface area contributed by atoms with Gasteiger partial charge < -0.3 is 10.4 Å². The Labute approximate surface area is 146 Å². The first-order valence-electron chi connectivity index (χ1n) is 8.02. The molecule has 6 heteroatoms. The summed E-state index contributed by atoms with van der Waals surface area (Å²) in [4.78, 5) is 25.2. The quantitative estimate of drug-likeness (QED) is 0.792. The summed E-state index contributed by atoms with van der Waals surface area (Å²) in [6, 6.07) is 1.66. The van der Waals surface area contributed by atoms with Crippen LogP contribution in [0.3, 0.4) is 0 Å². The van der Waals surface area contributed by atoms with Crippen LogP contribution in [0, 0.1) is 17.8 Å². The van der Waals surface area contributed by atoms with Gasteiger partial charge in [0.05, 0.1) is 16.4 Å². The van der Waals surface area contributed by atoms with Crippen molar-refractivity contribution in [3.05, 3.63) is 21.3 Å². The van der Waals surface area contributed by atoms with Gasteiger partial charge in [0.25, 0.3) is 5.91 Å². The van der Waals surface area contributed by atoms with Crippen molar-refractivity contribution in [2.24, 2.45) is 17.8 Å². The molecule has 2 rings (SSSR count). The number of aliphatic hydroxyl groups is 1. The van der Waals surface area contributed by atoms with Crippen LogP contribution in [0.2, 0.25) is 5.02 Å². The predicted octanol–water partition coefficient (Wildman–Crippen LogP) is 3.52. The number of carbonyl (C=O) groups excluding carboxylic acids is 2. The molecule has 1 aliphatic carbocycles. The summed E-state index contributed by atoms with van der Waals surface area (Å²) in [7, 11) is 0. The monoisotopic (exact) mass is 357 g/mol. The van der Waals surface area contributed by atoms with Gasteiger partial charge in [0.2, 0.25) is 0 Å². The minimum absolute atomic E-state index is 0.0841. The van der Waals surface area contributed by atoms with E-state index in [1.54, 1.807) is 11.4 Å². The van der Waals surface area contributed by atoms with Crippen LogP contribution >= 0.6 is 22.9 Å². The summed E-state index contributed by atoms with van der Waals surface area (Å²) >= 11 is 7.19. The number of ketones is 1. The number of Topliss-reactive ketones (excluding diaryl/α,β-unsaturated/α-hetero) is 1. The van der Waals surface area contributed by atoms with Gasteiger partial charge in [-0.25, -0.2) is 0 Å². The third-order valence-corrected chi connectivity index (χ3v) is 6.10. The number of halogens is 1. The average Bonchev–Trinajstić information content (AvgIpc) is 2.90. The van der Waals surface area contributed by atoms with E-state index in [0.29, 0.717) is 22.2 Å². The van der Waals surface area contributed by atoms with Crippen LogP contribution in [-0.2, 0) is 4.79 Å². The molecule has 4 nitrogen and oxygen atoms in total. The molecule has 0 bridgehead atoms. The summed E-state index contributed by atoms with van der Waals surface area (Å²) in [5, 5.41) is 15.8. The fourth-order valence-corrected chi connectivity index (χ4v) is 4.62. The molecule has 1 aromatic heterocycles. The lowest BCUT2D eigenvalue weighted by Crippen LogP contribution is -2.56. The minimum Gasteiger partial charge on any atom is -0.380 e. The highest BCUT2D eigenvalue weighted by Crippen LogP contribution is 2.41. The lowest BCUT2D eigenvalue weighted by molar-refractivity contribution is -0.155. The molecule has 0 spiro atoms. The third-order valence-electron chi connectivity index (χ3n) is 4.72. The highest BCUT2D eigenvalue weighted by molar-refractivity contribution is 7.12. The van der Waals surface area contributed by atoms with Gasteiger partial charge >= 0.3 is 0 Å². The van der Waals surface area contributed by atoms with Crippen molar-refractivity contribution in [1.29, 1.82) is 0 Å². The van der Waals surface area contributed by atoms with Crippen LogP contribution < -0.4 is 5.32 Å². The van der Waals surface area contributed by atoms with Gasteiger partial charge in [-0.3, -0.25) is 9.59 Å². The molecule has 1 saturated carbocycles. The molecule has 1 aliphatic rings. The first-order valence-corrected chi connectivity index (χ1v) is 9.28. The number of hydrogen-bond donors (Lipinski definition) is 2. The molecule has 3 atom stereocenters. The molecule has 128 valence electrons. The summed E-state index contributed by atoms with van der Waals surface area (Å²) in [6.45, 7) is 5.96.